The number of nitrogens with one attached hydrogen (secondary N) is 1. The van der Waals surface area contributed by atoms with Crippen molar-refractivity contribution in [3.8, 4) is 0 Å². The lowest BCUT2D eigenvalue weighted by atomic mass is 10.4. The highest BCUT2D eigenvalue weighted by molar-refractivity contribution is 7.99. The fourth-order valence-electron chi connectivity index (χ4n) is 0.524. The van der Waals surface area contributed by atoms with Crippen molar-refractivity contribution in [3.05, 3.63) is 0 Å². The van der Waals surface area contributed by atoms with Crippen LogP contribution in [-0.2, 0) is 9.59 Å². The van der Waals surface area contributed by atoms with Gasteiger partial charge >= 0.3 is 12.0 Å². The van der Waals surface area contributed by atoms with E-state index in [1.807, 2.05) is 5.32 Å². The van der Waals surface area contributed by atoms with Gasteiger partial charge in [0.05, 0.1) is 5.75 Å². The molecule has 0 atom stereocenters. The average Bonchev–Trinajstić information content (AvgIpc) is 1.96. The third-order valence-corrected chi connectivity index (χ3v) is 1.91. The Bertz CT molecular complexity index is 219. The molecule has 0 aliphatic rings. The van der Waals surface area contributed by atoms with Gasteiger partial charge in [-0.25, -0.2) is 4.79 Å². The van der Waals surface area contributed by atoms with Gasteiger partial charge in [-0.15, -0.1) is 11.8 Å². The van der Waals surface area contributed by atoms with E-state index in [4.69, 9.17) is 5.11 Å². The molecule has 74 valence electrons. The van der Waals surface area contributed by atoms with Crippen LogP contribution in [-0.4, -0.2) is 34.5 Å². The Morgan fingerprint density at radius 2 is 2.00 bits per heavy atom. The fraction of sp³-hybridized carbons (Fsp3) is 0.500. The lowest BCUT2D eigenvalue weighted by Gasteiger charge is -1.99. The van der Waals surface area contributed by atoms with Crippen molar-refractivity contribution in [2.24, 2.45) is 5.73 Å². The molecule has 0 saturated heterocycles. The smallest absolute Gasteiger partial charge is 0.318 e. The van der Waals surface area contributed by atoms with Gasteiger partial charge in [0, 0.05) is 12.2 Å². The SMILES string of the molecule is NC(=O)NC(=O)CCSCC(=O)O. The van der Waals surface area contributed by atoms with Crippen LogP contribution in [0.4, 0.5) is 4.79 Å². The van der Waals surface area contributed by atoms with Crippen molar-refractivity contribution >= 4 is 29.7 Å². The average molecular weight is 206 g/mol. The molecule has 0 bridgehead atoms. The summed E-state index contributed by atoms with van der Waals surface area (Å²) in [5.74, 6) is -1.12. The molecule has 0 saturated carbocycles. The van der Waals surface area contributed by atoms with Gasteiger partial charge in [0.25, 0.3) is 0 Å². The first kappa shape index (κ1) is 11.8. The Morgan fingerprint density at radius 1 is 1.38 bits per heavy atom. The van der Waals surface area contributed by atoms with Gasteiger partial charge in [0.15, 0.2) is 0 Å². The summed E-state index contributed by atoms with van der Waals surface area (Å²) in [6, 6.07) is -0.895. The molecule has 13 heavy (non-hydrogen) atoms. The molecule has 3 amide bonds. The van der Waals surface area contributed by atoms with E-state index in [1.54, 1.807) is 0 Å². The predicted octanol–water partition coefficient (Wildman–Crippen LogP) is -0.611. The van der Waals surface area contributed by atoms with Crippen LogP contribution in [0.1, 0.15) is 6.42 Å². The second-order valence-electron chi connectivity index (χ2n) is 2.11. The maximum absolute atomic E-state index is 10.7. The number of imide groups is 1. The summed E-state index contributed by atoms with van der Waals surface area (Å²) >= 11 is 1.10. The van der Waals surface area contributed by atoms with E-state index in [0.717, 1.165) is 11.8 Å². The number of aliphatic carboxylic acids is 1. The van der Waals surface area contributed by atoms with E-state index >= 15 is 0 Å². The highest BCUT2D eigenvalue weighted by Crippen LogP contribution is 2.01. The molecule has 0 aliphatic carbocycles. The van der Waals surface area contributed by atoms with Crippen molar-refractivity contribution in [1.29, 1.82) is 0 Å². The van der Waals surface area contributed by atoms with E-state index in [-0.39, 0.29) is 12.2 Å². The van der Waals surface area contributed by atoms with E-state index in [9.17, 15) is 14.4 Å². The van der Waals surface area contributed by atoms with E-state index in [0.29, 0.717) is 5.75 Å². The topological polar surface area (TPSA) is 109 Å². The Hall–Kier alpha value is -1.24. The Labute approximate surface area is 78.9 Å². The summed E-state index contributed by atoms with van der Waals surface area (Å²) in [6.45, 7) is 0. The number of carboxylic acids is 1. The summed E-state index contributed by atoms with van der Waals surface area (Å²) in [5, 5.41) is 10.1. The number of thioether (sulfide) groups is 1. The van der Waals surface area contributed by atoms with Crippen LogP contribution < -0.4 is 11.1 Å². The van der Waals surface area contributed by atoms with Crippen LogP contribution in [0.2, 0.25) is 0 Å². The van der Waals surface area contributed by atoms with Crippen LogP contribution in [0.3, 0.4) is 0 Å². The van der Waals surface area contributed by atoms with Crippen LogP contribution in [0.15, 0.2) is 0 Å². The quantitative estimate of drug-likeness (QED) is 0.520. The zero-order valence-corrected chi connectivity index (χ0v) is 7.60. The monoisotopic (exact) mass is 206 g/mol. The lowest BCUT2D eigenvalue weighted by Crippen LogP contribution is -2.35. The van der Waals surface area contributed by atoms with Crippen molar-refractivity contribution in [1.82, 2.24) is 5.32 Å². The second kappa shape index (κ2) is 6.30. The molecule has 0 aromatic carbocycles. The molecule has 6 nitrogen and oxygen atoms in total. The predicted molar refractivity (Wildman–Crippen MR) is 47.3 cm³/mol. The van der Waals surface area contributed by atoms with Gasteiger partial charge in [0.2, 0.25) is 5.91 Å². The molecule has 0 spiro atoms. The number of amides is 3. The largest absolute Gasteiger partial charge is 0.481 e. The molecule has 0 unspecified atom stereocenters. The van der Waals surface area contributed by atoms with Gasteiger partial charge in [-0.05, 0) is 0 Å². The molecule has 7 heteroatoms. The first-order valence-corrected chi connectivity index (χ1v) is 4.56. The second-order valence-corrected chi connectivity index (χ2v) is 3.21. The third-order valence-electron chi connectivity index (χ3n) is 0.962. The molecule has 0 aromatic heterocycles. The first-order valence-electron chi connectivity index (χ1n) is 3.41. The van der Waals surface area contributed by atoms with Crippen LogP contribution in [0, 0.1) is 0 Å². The maximum Gasteiger partial charge on any atom is 0.318 e. The molecule has 4 N–H and O–H groups in total. The highest BCUT2D eigenvalue weighted by atomic mass is 32.2. The van der Waals surface area contributed by atoms with Gasteiger partial charge in [-0.1, -0.05) is 0 Å². The minimum Gasteiger partial charge on any atom is -0.481 e. The number of rotatable bonds is 5. The number of carbonyl (C=O) groups is 3. The number of hydrogen-bond donors (Lipinski definition) is 3. The minimum absolute atomic E-state index is 0.0517. The van der Waals surface area contributed by atoms with E-state index < -0.39 is 17.9 Å². The minimum atomic E-state index is -0.930. The Morgan fingerprint density at radius 3 is 2.46 bits per heavy atom. The Balaban J connectivity index is 3.37. The Kier molecular flexibility index (Phi) is 5.69. The molecule has 0 aliphatic heterocycles. The third kappa shape index (κ3) is 8.67. The molecule has 0 aromatic rings. The number of urea groups is 1. The number of hydrogen-bond acceptors (Lipinski definition) is 4. The molecular weight excluding hydrogens is 196 g/mol. The molecular formula is C6H10N2O4S. The molecule has 0 heterocycles. The normalized spacial score (nSPS) is 9.23. The standard InChI is InChI=1S/C6H10N2O4S/c7-6(12)8-4(9)1-2-13-3-5(10)11/h1-3H2,(H,10,11)(H3,7,8,9,12). The van der Waals surface area contributed by atoms with Gasteiger partial charge in [-0.2, -0.15) is 0 Å². The first-order chi connectivity index (χ1) is 6.02. The van der Waals surface area contributed by atoms with Gasteiger partial charge in [0.1, 0.15) is 0 Å². The van der Waals surface area contributed by atoms with Crippen molar-refractivity contribution < 1.29 is 19.5 Å². The van der Waals surface area contributed by atoms with Crippen molar-refractivity contribution in [3.63, 3.8) is 0 Å². The summed E-state index contributed by atoms with van der Waals surface area (Å²) in [4.78, 5) is 30.9. The summed E-state index contributed by atoms with van der Waals surface area (Å²) in [6.07, 6.45) is 0.0842. The van der Waals surface area contributed by atoms with Crippen LogP contribution >= 0.6 is 11.8 Å². The molecule has 0 fully saturated rings. The van der Waals surface area contributed by atoms with E-state index in [2.05, 4.69) is 5.73 Å². The fourth-order valence-corrected chi connectivity index (χ4v) is 1.17. The number of carboxylic acid groups (broad SMARTS) is 1. The van der Waals surface area contributed by atoms with Crippen molar-refractivity contribution in [2.75, 3.05) is 11.5 Å². The molecule has 0 radical (unpaired) electrons. The van der Waals surface area contributed by atoms with Gasteiger partial charge in [-0.3, -0.25) is 14.9 Å². The number of carbonyl (C=O) groups excluding carboxylic acids is 2. The maximum atomic E-state index is 10.7. The van der Waals surface area contributed by atoms with E-state index in [1.165, 1.54) is 0 Å². The summed E-state index contributed by atoms with van der Waals surface area (Å²) < 4.78 is 0. The van der Waals surface area contributed by atoms with Crippen LogP contribution in [0.5, 0.6) is 0 Å². The zero-order chi connectivity index (χ0) is 10.3. The van der Waals surface area contributed by atoms with Gasteiger partial charge < -0.3 is 10.8 Å². The summed E-state index contributed by atoms with van der Waals surface area (Å²) in [7, 11) is 0. The van der Waals surface area contributed by atoms with Crippen molar-refractivity contribution in [2.45, 2.75) is 6.42 Å². The summed E-state index contributed by atoms with van der Waals surface area (Å²) in [5.41, 5.74) is 4.67. The lowest BCUT2D eigenvalue weighted by molar-refractivity contribution is -0.134. The number of primary amides is 1. The number of nitrogens with two attached hydrogens (primary N) is 1. The van der Waals surface area contributed by atoms with Crippen LogP contribution in [0.25, 0.3) is 0 Å². The highest BCUT2D eigenvalue weighted by Gasteiger charge is 2.04. The molecule has 0 rings (SSSR count). The zero-order valence-electron chi connectivity index (χ0n) is 6.78.